The summed E-state index contributed by atoms with van der Waals surface area (Å²) in [5, 5.41) is 0.867. The normalized spacial score (nSPS) is 28.0. The quantitative estimate of drug-likeness (QED) is 0.652. The molecule has 0 aromatic heterocycles. The highest BCUT2D eigenvalue weighted by molar-refractivity contribution is 6.42. The molecule has 1 amide bonds. The van der Waals surface area contributed by atoms with Crippen molar-refractivity contribution in [2.75, 3.05) is 45.9 Å². The predicted molar refractivity (Wildman–Crippen MR) is 117 cm³/mol. The van der Waals surface area contributed by atoms with Crippen LogP contribution in [0, 0.1) is 0 Å². The zero-order valence-corrected chi connectivity index (χ0v) is 19.2. The molecule has 1 aromatic carbocycles. The summed E-state index contributed by atoms with van der Waals surface area (Å²) in [6.07, 6.45) is 2.43. The molecule has 0 saturated carbocycles. The molecule has 0 bridgehead atoms. The van der Waals surface area contributed by atoms with E-state index in [4.69, 9.17) is 27.9 Å². The Morgan fingerprint density at radius 2 is 1.81 bits per heavy atom. The number of carbonyl (C=O) groups is 1. The summed E-state index contributed by atoms with van der Waals surface area (Å²) in [4.78, 5) is 19.5. The fourth-order valence-corrected chi connectivity index (χ4v) is 5.54. The predicted octanol–water partition coefficient (Wildman–Crippen LogP) is 3.57. The standard InChI is InChI=1S/C22H29Cl2F2N3O2/c1-22(25,26)14-28-8-9-29(20(30)11-15-4-5-16(23)17(24)10-15)21-18(12-31-13-19(21)28)27-6-2-3-7-27/h4-5,10,18-19,21H,2-3,6-9,11-14H2,1H3/t18?,19?,21-/m1/s1. The minimum absolute atomic E-state index is 0.0117. The summed E-state index contributed by atoms with van der Waals surface area (Å²) in [7, 11) is 0. The first-order chi connectivity index (χ1) is 14.7. The molecule has 31 heavy (non-hydrogen) atoms. The molecule has 3 aliphatic rings. The molecule has 2 unspecified atom stereocenters. The van der Waals surface area contributed by atoms with Crippen LogP contribution >= 0.6 is 23.2 Å². The van der Waals surface area contributed by atoms with Crippen LogP contribution in [0.1, 0.15) is 25.3 Å². The fourth-order valence-electron chi connectivity index (χ4n) is 5.22. The van der Waals surface area contributed by atoms with Gasteiger partial charge in [-0.25, -0.2) is 8.78 Å². The monoisotopic (exact) mass is 475 g/mol. The SMILES string of the molecule is CC(F)(F)CN1CCN(C(=O)Cc2ccc(Cl)c(Cl)c2)[C@@H]2C(N3CCCC3)COCC21. The molecular formula is C22H29Cl2F2N3O2. The van der Waals surface area contributed by atoms with Gasteiger partial charge in [0, 0.05) is 20.0 Å². The van der Waals surface area contributed by atoms with Crippen LogP contribution in [-0.2, 0) is 16.0 Å². The number of amides is 1. The van der Waals surface area contributed by atoms with E-state index in [9.17, 15) is 13.6 Å². The second-order valence-electron chi connectivity index (χ2n) is 8.96. The molecule has 0 spiro atoms. The Kier molecular flexibility index (Phi) is 7.08. The molecule has 1 aromatic rings. The number of hydrogen-bond donors (Lipinski definition) is 0. The zero-order chi connectivity index (χ0) is 22.2. The number of halogens is 4. The van der Waals surface area contributed by atoms with Crippen molar-refractivity contribution < 1.29 is 18.3 Å². The lowest BCUT2D eigenvalue weighted by Gasteiger charge is -2.54. The molecule has 0 N–H and O–H groups in total. The summed E-state index contributed by atoms with van der Waals surface area (Å²) >= 11 is 12.1. The van der Waals surface area contributed by atoms with Gasteiger partial charge in [-0.15, -0.1) is 0 Å². The van der Waals surface area contributed by atoms with Gasteiger partial charge >= 0.3 is 0 Å². The first-order valence-corrected chi connectivity index (χ1v) is 11.7. The average molecular weight is 476 g/mol. The van der Waals surface area contributed by atoms with Gasteiger partial charge in [0.05, 0.1) is 54.4 Å². The van der Waals surface area contributed by atoms with Gasteiger partial charge in [-0.3, -0.25) is 14.6 Å². The number of piperazine rings is 1. The van der Waals surface area contributed by atoms with Crippen molar-refractivity contribution in [2.24, 2.45) is 0 Å². The summed E-state index contributed by atoms with van der Waals surface area (Å²) in [5.74, 6) is -2.81. The summed E-state index contributed by atoms with van der Waals surface area (Å²) in [6.45, 7) is 4.27. The van der Waals surface area contributed by atoms with E-state index in [0.29, 0.717) is 36.3 Å². The number of fused-ring (bicyclic) bond motifs is 1. The molecule has 5 nitrogen and oxygen atoms in total. The number of alkyl halides is 2. The first-order valence-electron chi connectivity index (χ1n) is 10.9. The number of ether oxygens (including phenoxy) is 1. The minimum Gasteiger partial charge on any atom is -0.378 e. The van der Waals surface area contributed by atoms with E-state index in [-0.39, 0.29) is 37.0 Å². The van der Waals surface area contributed by atoms with E-state index >= 15 is 0 Å². The summed E-state index contributed by atoms with van der Waals surface area (Å²) < 4.78 is 33.6. The Morgan fingerprint density at radius 3 is 2.48 bits per heavy atom. The molecule has 0 aliphatic carbocycles. The van der Waals surface area contributed by atoms with Gasteiger partial charge in [0.25, 0.3) is 5.92 Å². The van der Waals surface area contributed by atoms with Crippen molar-refractivity contribution in [1.82, 2.24) is 14.7 Å². The Morgan fingerprint density at radius 1 is 1.10 bits per heavy atom. The fraction of sp³-hybridized carbons (Fsp3) is 0.682. The highest BCUT2D eigenvalue weighted by Gasteiger charge is 2.49. The average Bonchev–Trinajstić information content (AvgIpc) is 3.24. The van der Waals surface area contributed by atoms with Gasteiger partial charge in [-0.1, -0.05) is 29.3 Å². The van der Waals surface area contributed by atoms with Crippen molar-refractivity contribution in [3.63, 3.8) is 0 Å². The zero-order valence-electron chi connectivity index (χ0n) is 17.7. The van der Waals surface area contributed by atoms with E-state index in [1.54, 1.807) is 18.2 Å². The van der Waals surface area contributed by atoms with Gasteiger partial charge in [-0.05, 0) is 43.6 Å². The number of benzene rings is 1. The van der Waals surface area contributed by atoms with Crippen molar-refractivity contribution in [2.45, 2.75) is 50.2 Å². The van der Waals surface area contributed by atoms with E-state index in [1.807, 2.05) is 9.80 Å². The van der Waals surface area contributed by atoms with Crippen LogP contribution in [0.4, 0.5) is 8.78 Å². The van der Waals surface area contributed by atoms with E-state index in [0.717, 1.165) is 38.4 Å². The molecule has 172 valence electrons. The van der Waals surface area contributed by atoms with Crippen molar-refractivity contribution in [1.29, 1.82) is 0 Å². The van der Waals surface area contributed by atoms with E-state index in [2.05, 4.69) is 4.90 Å². The number of likely N-dealkylation sites (tertiary alicyclic amines) is 1. The molecule has 3 atom stereocenters. The number of nitrogens with zero attached hydrogens (tertiary/aromatic N) is 3. The smallest absolute Gasteiger partial charge is 0.257 e. The molecule has 3 heterocycles. The lowest BCUT2D eigenvalue weighted by Crippen LogP contribution is -2.72. The Hall–Kier alpha value is -0.990. The van der Waals surface area contributed by atoms with Gasteiger partial charge < -0.3 is 9.64 Å². The summed E-state index contributed by atoms with van der Waals surface area (Å²) in [6, 6.07) is 4.83. The second kappa shape index (κ2) is 9.48. The minimum atomic E-state index is -2.79. The third-order valence-corrected chi connectivity index (χ3v) is 7.31. The Bertz CT molecular complexity index is 801. The number of hydrogen-bond acceptors (Lipinski definition) is 4. The second-order valence-corrected chi connectivity index (χ2v) is 9.77. The van der Waals surface area contributed by atoms with Crippen LogP contribution in [0.5, 0.6) is 0 Å². The van der Waals surface area contributed by atoms with Gasteiger partial charge in [0.1, 0.15) is 0 Å². The van der Waals surface area contributed by atoms with Crippen LogP contribution in [0.25, 0.3) is 0 Å². The molecule has 0 radical (unpaired) electrons. The van der Waals surface area contributed by atoms with Gasteiger partial charge in [0.15, 0.2) is 0 Å². The van der Waals surface area contributed by atoms with Gasteiger partial charge in [-0.2, -0.15) is 0 Å². The van der Waals surface area contributed by atoms with Crippen molar-refractivity contribution >= 4 is 29.1 Å². The lowest BCUT2D eigenvalue weighted by molar-refractivity contribution is -0.157. The highest BCUT2D eigenvalue weighted by Crippen LogP contribution is 2.32. The molecular weight excluding hydrogens is 447 g/mol. The molecule has 3 fully saturated rings. The lowest BCUT2D eigenvalue weighted by atomic mass is 9.90. The third kappa shape index (κ3) is 5.33. The van der Waals surface area contributed by atoms with E-state index in [1.165, 1.54) is 0 Å². The largest absolute Gasteiger partial charge is 0.378 e. The van der Waals surface area contributed by atoms with Crippen LogP contribution < -0.4 is 0 Å². The number of carbonyl (C=O) groups excluding carboxylic acids is 1. The Balaban J connectivity index is 1.58. The maximum atomic E-state index is 13.9. The highest BCUT2D eigenvalue weighted by atomic mass is 35.5. The number of rotatable bonds is 5. The van der Waals surface area contributed by atoms with Gasteiger partial charge in [0.2, 0.25) is 5.91 Å². The maximum Gasteiger partial charge on any atom is 0.257 e. The van der Waals surface area contributed by atoms with Crippen molar-refractivity contribution in [3.05, 3.63) is 33.8 Å². The molecule has 3 saturated heterocycles. The third-order valence-electron chi connectivity index (χ3n) is 6.57. The van der Waals surface area contributed by atoms with Crippen LogP contribution in [0.15, 0.2) is 18.2 Å². The maximum absolute atomic E-state index is 13.9. The van der Waals surface area contributed by atoms with E-state index < -0.39 is 5.92 Å². The van der Waals surface area contributed by atoms with Crippen LogP contribution in [0.2, 0.25) is 10.0 Å². The van der Waals surface area contributed by atoms with Crippen LogP contribution in [-0.4, -0.2) is 90.6 Å². The van der Waals surface area contributed by atoms with Crippen molar-refractivity contribution in [3.8, 4) is 0 Å². The summed E-state index contributed by atoms with van der Waals surface area (Å²) in [5.41, 5.74) is 0.795. The molecule has 4 rings (SSSR count). The topological polar surface area (TPSA) is 36.0 Å². The molecule has 9 heteroatoms. The molecule has 3 aliphatic heterocycles. The Labute approximate surface area is 192 Å². The first kappa shape index (κ1) is 23.2. The van der Waals surface area contributed by atoms with Crippen LogP contribution in [0.3, 0.4) is 0 Å².